The van der Waals surface area contributed by atoms with Crippen LogP contribution in [0.4, 0.5) is 4.39 Å². The minimum Gasteiger partial charge on any atom is -0.394 e. The average molecular weight is 269 g/mol. The number of aliphatic hydroxyl groups excluding tert-OH is 1. The molecule has 0 bridgehead atoms. The van der Waals surface area contributed by atoms with Gasteiger partial charge < -0.3 is 10.4 Å². The number of amides is 1. The van der Waals surface area contributed by atoms with Gasteiger partial charge in [-0.2, -0.15) is 0 Å². The summed E-state index contributed by atoms with van der Waals surface area (Å²) in [5.41, 5.74) is -0.424. The fourth-order valence-electron chi connectivity index (χ4n) is 1.96. The quantitative estimate of drug-likeness (QED) is 0.803. The Morgan fingerprint density at radius 3 is 2.72 bits per heavy atom. The molecule has 1 aliphatic rings. The summed E-state index contributed by atoms with van der Waals surface area (Å²) in [6.45, 7) is -0.0247. The van der Waals surface area contributed by atoms with Crippen molar-refractivity contribution in [3.05, 3.63) is 30.1 Å². The maximum absolute atomic E-state index is 13.3. The van der Waals surface area contributed by atoms with E-state index in [1.54, 1.807) is 18.2 Å². The molecule has 1 aliphatic carbocycles. The standard InChI is InChI=1S/C13H16FNO2S/c14-10-4-1-2-5-11(10)18-8-12(17)15-13(9-16)6-3-7-13/h1-2,4-5,16H,3,6-9H2,(H,15,17). The van der Waals surface area contributed by atoms with Gasteiger partial charge in [0, 0.05) is 4.90 Å². The normalized spacial score (nSPS) is 17.0. The van der Waals surface area contributed by atoms with Gasteiger partial charge in [0.05, 0.1) is 17.9 Å². The van der Waals surface area contributed by atoms with E-state index in [9.17, 15) is 14.3 Å². The van der Waals surface area contributed by atoms with Crippen LogP contribution in [0.15, 0.2) is 29.2 Å². The Morgan fingerprint density at radius 2 is 2.17 bits per heavy atom. The zero-order chi connectivity index (χ0) is 13.0. The third-order valence-corrected chi connectivity index (χ3v) is 4.26. The highest BCUT2D eigenvalue weighted by atomic mass is 32.2. The molecule has 0 saturated heterocycles. The van der Waals surface area contributed by atoms with Gasteiger partial charge >= 0.3 is 0 Å². The summed E-state index contributed by atoms with van der Waals surface area (Å²) in [5.74, 6) is -0.296. The first-order chi connectivity index (χ1) is 8.65. The maximum Gasteiger partial charge on any atom is 0.230 e. The summed E-state index contributed by atoms with van der Waals surface area (Å²) in [4.78, 5) is 12.2. The molecule has 1 aromatic rings. The van der Waals surface area contributed by atoms with Crippen molar-refractivity contribution >= 4 is 17.7 Å². The van der Waals surface area contributed by atoms with Gasteiger partial charge in [-0.25, -0.2) is 4.39 Å². The maximum atomic E-state index is 13.3. The Morgan fingerprint density at radius 1 is 1.44 bits per heavy atom. The smallest absolute Gasteiger partial charge is 0.230 e. The third-order valence-electron chi connectivity index (χ3n) is 3.21. The van der Waals surface area contributed by atoms with Crippen molar-refractivity contribution in [2.45, 2.75) is 29.7 Å². The summed E-state index contributed by atoms with van der Waals surface area (Å²) in [5, 5.41) is 12.1. The Bertz CT molecular complexity index is 429. The van der Waals surface area contributed by atoms with Crippen LogP contribution in [-0.4, -0.2) is 28.9 Å². The lowest BCUT2D eigenvalue weighted by Gasteiger charge is -2.40. The van der Waals surface area contributed by atoms with Gasteiger partial charge in [0.1, 0.15) is 5.82 Å². The van der Waals surface area contributed by atoms with E-state index in [1.165, 1.54) is 17.8 Å². The predicted octanol–water partition coefficient (Wildman–Crippen LogP) is 1.95. The van der Waals surface area contributed by atoms with Gasteiger partial charge in [0.2, 0.25) is 5.91 Å². The monoisotopic (exact) mass is 269 g/mol. The zero-order valence-electron chi connectivity index (χ0n) is 9.99. The van der Waals surface area contributed by atoms with E-state index in [0.29, 0.717) is 4.90 Å². The van der Waals surface area contributed by atoms with Gasteiger partial charge in [-0.15, -0.1) is 11.8 Å². The van der Waals surface area contributed by atoms with Crippen LogP contribution in [0.1, 0.15) is 19.3 Å². The summed E-state index contributed by atoms with van der Waals surface area (Å²) in [6, 6.07) is 6.39. The predicted molar refractivity (Wildman–Crippen MR) is 68.9 cm³/mol. The first kappa shape index (κ1) is 13.4. The number of aliphatic hydroxyl groups is 1. The van der Waals surface area contributed by atoms with Gasteiger partial charge in [-0.1, -0.05) is 12.1 Å². The lowest BCUT2D eigenvalue weighted by atomic mass is 9.77. The molecule has 0 atom stereocenters. The number of carbonyl (C=O) groups is 1. The van der Waals surface area contributed by atoms with Crippen LogP contribution in [0.3, 0.4) is 0 Å². The van der Waals surface area contributed by atoms with E-state index >= 15 is 0 Å². The molecule has 3 nitrogen and oxygen atoms in total. The summed E-state index contributed by atoms with van der Waals surface area (Å²) in [7, 11) is 0. The number of nitrogens with one attached hydrogen (secondary N) is 1. The van der Waals surface area contributed by atoms with Gasteiger partial charge in [0.25, 0.3) is 0 Å². The molecule has 2 N–H and O–H groups in total. The van der Waals surface area contributed by atoms with Crippen molar-refractivity contribution in [3.63, 3.8) is 0 Å². The second kappa shape index (κ2) is 5.71. The number of thioether (sulfide) groups is 1. The SMILES string of the molecule is O=C(CSc1ccccc1F)NC1(CO)CCC1. The molecule has 0 aliphatic heterocycles. The lowest BCUT2D eigenvalue weighted by Crippen LogP contribution is -2.56. The lowest BCUT2D eigenvalue weighted by molar-refractivity contribution is -0.122. The molecule has 98 valence electrons. The van der Waals surface area contributed by atoms with E-state index < -0.39 is 5.54 Å². The van der Waals surface area contributed by atoms with Gasteiger partial charge in [0.15, 0.2) is 0 Å². The van der Waals surface area contributed by atoms with Crippen molar-refractivity contribution in [1.82, 2.24) is 5.32 Å². The molecule has 1 aromatic carbocycles. The van der Waals surface area contributed by atoms with Crippen molar-refractivity contribution in [2.75, 3.05) is 12.4 Å². The van der Waals surface area contributed by atoms with Crippen molar-refractivity contribution < 1.29 is 14.3 Å². The number of hydrogen-bond donors (Lipinski definition) is 2. The number of benzene rings is 1. The van der Waals surface area contributed by atoms with Crippen LogP contribution >= 0.6 is 11.8 Å². The Kier molecular flexibility index (Phi) is 4.24. The van der Waals surface area contributed by atoms with E-state index in [-0.39, 0.29) is 24.1 Å². The highest BCUT2D eigenvalue weighted by Crippen LogP contribution is 2.31. The molecular weight excluding hydrogens is 253 g/mol. The van der Waals surface area contributed by atoms with Crippen LogP contribution in [0.2, 0.25) is 0 Å². The number of carbonyl (C=O) groups excluding carboxylic acids is 1. The molecule has 2 rings (SSSR count). The van der Waals surface area contributed by atoms with Crippen LogP contribution in [0.5, 0.6) is 0 Å². The number of halogens is 1. The zero-order valence-corrected chi connectivity index (χ0v) is 10.8. The van der Waals surface area contributed by atoms with E-state index in [2.05, 4.69) is 5.32 Å². The first-order valence-corrected chi connectivity index (χ1v) is 6.93. The molecule has 1 saturated carbocycles. The van der Waals surface area contributed by atoms with Crippen LogP contribution in [-0.2, 0) is 4.79 Å². The third kappa shape index (κ3) is 3.03. The van der Waals surface area contributed by atoms with Gasteiger partial charge in [-0.3, -0.25) is 4.79 Å². The molecule has 0 spiro atoms. The Labute approximate surface area is 110 Å². The largest absolute Gasteiger partial charge is 0.394 e. The van der Waals surface area contributed by atoms with Crippen LogP contribution in [0.25, 0.3) is 0 Å². The highest BCUT2D eigenvalue weighted by molar-refractivity contribution is 8.00. The van der Waals surface area contributed by atoms with E-state index in [4.69, 9.17) is 0 Å². The minimum atomic E-state index is -0.424. The second-order valence-corrected chi connectivity index (χ2v) is 5.58. The van der Waals surface area contributed by atoms with Crippen molar-refractivity contribution in [3.8, 4) is 0 Å². The molecular formula is C13H16FNO2S. The van der Waals surface area contributed by atoms with E-state index in [1.807, 2.05) is 0 Å². The summed E-state index contributed by atoms with van der Waals surface area (Å²) >= 11 is 1.17. The molecule has 0 aromatic heterocycles. The van der Waals surface area contributed by atoms with Crippen LogP contribution in [0, 0.1) is 5.82 Å². The Balaban J connectivity index is 1.83. The van der Waals surface area contributed by atoms with Crippen molar-refractivity contribution in [1.29, 1.82) is 0 Å². The van der Waals surface area contributed by atoms with Crippen LogP contribution < -0.4 is 5.32 Å². The molecule has 18 heavy (non-hydrogen) atoms. The first-order valence-electron chi connectivity index (χ1n) is 5.94. The molecule has 0 radical (unpaired) electrons. The van der Waals surface area contributed by atoms with E-state index in [0.717, 1.165) is 19.3 Å². The topological polar surface area (TPSA) is 49.3 Å². The molecule has 0 heterocycles. The second-order valence-electron chi connectivity index (χ2n) is 4.56. The Hall–Kier alpha value is -1.07. The molecule has 1 fully saturated rings. The number of rotatable bonds is 5. The molecule has 1 amide bonds. The minimum absolute atomic E-state index is 0.0247. The number of hydrogen-bond acceptors (Lipinski definition) is 3. The summed E-state index contributed by atoms with van der Waals surface area (Å²) < 4.78 is 13.3. The fraction of sp³-hybridized carbons (Fsp3) is 0.462. The fourth-order valence-corrected chi connectivity index (χ4v) is 2.70. The average Bonchev–Trinajstić information content (AvgIpc) is 2.33. The highest BCUT2D eigenvalue weighted by Gasteiger charge is 2.37. The molecule has 5 heteroatoms. The van der Waals surface area contributed by atoms with Gasteiger partial charge in [-0.05, 0) is 31.4 Å². The molecule has 0 unspecified atom stereocenters. The van der Waals surface area contributed by atoms with Crippen molar-refractivity contribution in [2.24, 2.45) is 0 Å². The summed E-state index contributed by atoms with van der Waals surface area (Å²) in [6.07, 6.45) is 2.67.